The Balaban J connectivity index is 2.21. The van der Waals surface area contributed by atoms with E-state index in [0.717, 1.165) is 11.1 Å². The molecule has 19 heavy (non-hydrogen) atoms. The normalized spacial score (nSPS) is 10.8. The van der Waals surface area contributed by atoms with Crippen molar-refractivity contribution in [3.8, 4) is 16.9 Å². The minimum atomic E-state index is 0.243. The van der Waals surface area contributed by atoms with Crippen LogP contribution in [0.25, 0.3) is 16.8 Å². The van der Waals surface area contributed by atoms with E-state index in [1.54, 1.807) is 17.8 Å². The first-order chi connectivity index (χ1) is 9.19. The van der Waals surface area contributed by atoms with Crippen LogP contribution in [0.2, 0.25) is 5.02 Å². The van der Waals surface area contributed by atoms with Gasteiger partial charge in [-0.3, -0.25) is 0 Å². The van der Waals surface area contributed by atoms with E-state index in [1.807, 2.05) is 30.3 Å². The molecule has 1 aromatic carbocycles. The van der Waals surface area contributed by atoms with Gasteiger partial charge in [-0.1, -0.05) is 17.7 Å². The van der Waals surface area contributed by atoms with Gasteiger partial charge in [0.2, 0.25) is 5.95 Å². The number of halogens is 1. The number of nitrogens with two attached hydrogens (primary N) is 1. The number of ether oxygens (including phenoxy) is 1. The summed E-state index contributed by atoms with van der Waals surface area (Å²) in [7, 11) is 1.58. The number of hydrogen-bond acceptors (Lipinski definition) is 4. The topological polar surface area (TPSA) is 65.4 Å². The van der Waals surface area contributed by atoms with E-state index in [-0.39, 0.29) is 5.95 Å². The highest BCUT2D eigenvalue weighted by molar-refractivity contribution is 6.32. The molecule has 3 aromatic rings. The first-order valence-corrected chi connectivity index (χ1v) is 6.01. The van der Waals surface area contributed by atoms with Crippen molar-refractivity contribution in [2.75, 3.05) is 12.8 Å². The standard InChI is InChI=1S/C13H11ClN4O/c1-19-11-5-4-8(7-10(11)14)9-3-2-6-18-12(9)16-13(15)17-18/h2-7H,1H3,(H2,15,17). The fraction of sp³-hybridized carbons (Fsp3) is 0.0769. The molecule has 3 rings (SSSR count). The molecule has 0 fully saturated rings. The Hall–Kier alpha value is -2.27. The van der Waals surface area contributed by atoms with Crippen molar-refractivity contribution in [2.24, 2.45) is 0 Å². The Bertz CT molecular complexity index is 753. The lowest BCUT2D eigenvalue weighted by molar-refractivity contribution is 0.415. The van der Waals surface area contributed by atoms with Crippen molar-refractivity contribution in [3.05, 3.63) is 41.6 Å². The fourth-order valence-electron chi connectivity index (χ4n) is 1.98. The molecule has 0 aliphatic rings. The summed E-state index contributed by atoms with van der Waals surface area (Å²) in [5.74, 6) is 0.880. The van der Waals surface area contributed by atoms with E-state index in [0.29, 0.717) is 16.4 Å². The van der Waals surface area contributed by atoms with Gasteiger partial charge in [-0.05, 0) is 29.8 Å². The summed E-state index contributed by atoms with van der Waals surface area (Å²) in [4.78, 5) is 4.22. The Labute approximate surface area is 114 Å². The minimum absolute atomic E-state index is 0.243. The lowest BCUT2D eigenvalue weighted by Crippen LogP contribution is -1.90. The Morgan fingerprint density at radius 1 is 1.32 bits per heavy atom. The van der Waals surface area contributed by atoms with Crippen LogP contribution >= 0.6 is 11.6 Å². The van der Waals surface area contributed by atoms with Gasteiger partial charge in [0.25, 0.3) is 0 Å². The molecule has 6 heteroatoms. The molecule has 5 nitrogen and oxygen atoms in total. The van der Waals surface area contributed by atoms with Gasteiger partial charge in [-0.2, -0.15) is 4.98 Å². The van der Waals surface area contributed by atoms with Crippen LogP contribution in [0.5, 0.6) is 5.75 Å². The maximum atomic E-state index is 6.14. The molecule has 0 saturated heterocycles. The monoisotopic (exact) mass is 274 g/mol. The van der Waals surface area contributed by atoms with Crippen LogP contribution in [-0.2, 0) is 0 Å². The number of nitrogens with zero attached hydrogens (tertiary/aromatic N) is 3. The molecule has 0 saturated carbocycles. The number of fused-ring (bicyclic) bond motifs is 1. The van der Waals surface area contributed by atoms with E-state index in [4.69, 9.17) is 22.1 Å². The van der Waals surface area contributed by atoms with E-state index in [1.165, 1.54) is 0 Å². The maximum Gasteiger partial charge on any atom is 0.240 e. The van der Waals surface area contributed by atoms with Crippen molar-refractivity contribution in [2.45, 2.75) is 0 Å². The largest absolute Gasteiger partial charge is 0.495 e. The third-order valence-corrected chi connectivity index (χ3v) is 3.14. The van der Waals surface area contributed by atoms with Gasteiger partial charge in [0.1, 0.15) is 5.75 Å². The first kappa shape index (κ1) is 11.8. The summed E-state index contributed by atoms with van der Waals surface area (Å²) in [6.45, 7) is 0. The van der Waals surface area contributed by atoms with E-state index in [2.05, 4.69) is 10.1 Å². The van der Waals surface area contributed by atoms with Gasteiger partial charge in [0, 0.05) is 11.8 Å². The second kappa shape index (κ2) is 4.44. The summed E-state index contributed by atoms with van der Waals surface area (Å²) >= 11 is 6.14. The zero-order valence-electron chi connectivity index (χ0n) is 10.2. The zero-order chi connectivity index (χ0) is 13.4. The number of nitrogen functional groups attached to an aromatic ring is 1. The van der Waals surface area contributed by atoms with Crippen molar-refractivity contribution >= 4 is 23.2 Å². The predicted molar refractivity (Wildman–Crippen MR) is 74.4 cm³/mol. The average Bonchev–Trinajstić information content (AvgIpc) is 2.78. The fourth-order valence-corrected chi connectivity index (χ4v) is 2.24. The molecule has 0 bridgehead atoms. The van der Waals surface area contributed by atoms with Crippen molar-refractivity contribution < 1.29 is 4.74 Å². The number of benzene rings is 1. The Kier molecular flexibility index (Phi) is 2.76. The van der Waals surface area contributed by atoms with Crippen LogP contribution in [0, 0.1) is 0 Å². The number of pyridine rings is 1. The lowest BCUT2D eigenvalue weighted by Gasteiger charge is -2.06. The summed E-state index contributed by atoms with van der Waals surface area (Å²) in [6, 6.07) is 9.41. The van der Waals surface area contributed by atoms with Gasteiger partial charge < -0.3 is 10.5 Å². The molecule has 2 heterocycles. The summed E-state index contributed by atoms with van der Waals surface area (Å²) in [6.07, 6.45) is 1.80. The third kappa shape index (κ3) is 1.98. The minimum Gasteiger partial charge on any atom is -0.495 e. The van der Waals surface area contributed by atoms with Crippen LogP contribution in [0.3, 0.4) is 0 Å². The van der Waals surface area contributed by atoms with Crippen molar-refractivity contribution in [1.82, 2.24) is 14.6 Å². The van der Waals surface area contributed by atoms with E-state index < -0.39 is 0 Å². The molecule has 2 N–H and O–H groups in total. The smallest absolute Gasteiger partial charge is 0.240 e. The average molecular weight is 275 g/mol. The van der Waals surface area contributed by atoms with Gasteiger partial charge in [-0.15, -0.1) is 5.10 Å². The van der Waals surface area contributed by atoms with Gasteiger partial charge >= 0.3 is 0 Å². The van der Waals surface area contributed by atoms with Crippen LogP contribution in [0.4, 0.5) is 5.95 Å². The van der Waals surface area contributed by atoms with Gasteiger partial charge in [0.05, 0.1) is 12.1 Å². The molecule has 96 valence electrons. The third-order valence-electron chi connectivity index (χ3n) is 2.84. The highest BCUT2D eigenvalue weighted by Crippen LogP contribution is 2.31. The van der Waals surface area contributed by atoms with Crippen LogP contribution in [0.15, 0.2) is 36.5 Å². The Morgan fingerprint density at radius 3 is 2.89 bits per heavy atom. The van der Waals surface area contributed by atoms with Crippen molar-refractivity contribution in [1.29, 1.82) is 0 Å². The second-order valence-electron chi connectivity index (χ2n) is 4.01. The van der Waals surface area contributed by atoms with Gasteiger partial charge in [-0.25, -0.2) is 4.52 Å². The van der Waals surface area contributed by atoms with Crippen LogP contribution in [-0.4, -0.2) is 21.7 Å². The van der Waals surface area contributed by atoms with Crippen LogP contribution in [0.1, 0.15) is 0 Å². The number of rotatable bonds is 2. The summed E-state index contributed by atoms with van der Waals surface area (Å²) < 4.78 is 6.78. The molecule has 2 aromatic heterocycles. The number of anilines is 1. The predicted octanol–water partition coefficient (Wildman–Crippen LogP) is 2.64. The SMILES string of the molecule is COc1ccc(-c2cccn3nc(N)nc23)cc1Cl. The molecule has 0 aliphatic heterocycles. The van der Waals surface area contributed by atoms with Gasteiger partial charge in [0.15, 0.2) is 5.65 Å². The highest BCUT2D eigenvalue weighted by atomic mass is 35.5. The number of methoxy groups -OCH3 is 1. The molecule has 0 unspecified atom stereocenters. The first-order valence-electron chi connectivity index (χ1n) is 5.64. The van der Waals surface area contributed by atoms with E-state index in [9.17, 15) is 0 Å². The summed E-state index contributed by atoms with van der Waals surface area (Å²) in [5.41, 5.74) is 8.17. The second-order valence-corrected chi connectivity index (χ2v) is 4.42. The number of aromatic nitrogens is 3. The molecule has 0 amide bonds. The molecule has 0 spiro atoms. The van der Waals surface area contributed by atoms with Crippen molar-refractivity contribution in [3.63, 3.8) is 0 Å². The maximum absolute atomic E-state index is 6.14. The molecule has 0 atom stereocenters. The molecule has 0 radical (unpaired) electrons. The van der Waals surface area contributed by atoms with Crippen LogP contribution < -0.4 is 10.5 Å². The highest BCUT2D eigenvalue weighted by Gasteiger charge is 2.10. The molecular weight excluding hydrogens is 264 g/mol. The van der Waals surface area contributed by atoms with E-state index >= 15 is 0 Å². The summed E-state index contributed by atoms with van der Waals surface area (Å²) in [5, 5.41) is 4.63. The Morgan fingerprint density at radius 2 is 2.16 bits per heavy atom. The quantitative estimate of drug-likeness (QED) is 0.780. The number of hydrogen-bond donors (Lipinski definition) is 1. The lowest BCUT2D eigenvalue weighted by atomic mass is 10.1. The molecule has 0 aliphatic carbocycles. The zero-order valence-corrected chi connectivity index (χ0v) is 10.9. The molecular formula is C13H11ClN4O.